The molecule has 0 saturated heterocycles. The molecule has 1 amide bonds. The summed E-state index contributed by atoms with van der Waals surface area (Å²) in [5.41, 5.74) is 0.600. The fourth-order valence-corrected chi connectivity index (χ4v) is 2.64. The van der Waals surface area contributed by atoms with Crippen LogP contribution in [0.2, 0.25) is 0 Å². The van der Waals surface area contributed by atoms with Crippen LogP contribution in [0.1, 0.15) is 35.8 Å². The Balaban J connectivity index is 1.92. The second-order valence-electron chi connectivity index (χ2n) is 5.66. The highest BCUT2D eigenvalue weighted by atomic mass is 16.5. The summed E-state index contributed by atoms with van der Waals surface area (Å²) in [6.45, 7) is 4.17. The molecule has 1 aromatic heterocycles. The lowest BCUT2D eigenvalue weighted by Gasteiger charge is -2.14. The molecule has 5 nitrogen and oxygen atoms in total. The molecule has 0 fully saturated rings. The van der Waals surface area contributed by atoms with Gasteiger partial charge in [-0.15, -0.1) is 0 Å². The Morgan fingerprint density at radius 3 is 2.64 bits per heavy atom. The van der Waals surface area contributed by atoms with Crippen LogP contribution < -0.4 is 15.7 Å². The van der Waals surface area contributed by atoms with Gasteiger partial charge in [0, 0.05) is 5.39 Å². The van der Waals surface area contributed by atoms with Gasteiger partial charge in [-0.25, -0.2) is 4.79 Å². The van der Waals surface area contributed by atoms with E-state index in [1.54, 1.807) is 18.2 Å². The monoisotopic (exact) mass is 337 g/mol. The summed E-state index contributed by atoms with van der Waals surface area (Å²) < 4.78 is 10.8. The van der Waals surface area contributed by atoms with E-state index in [2.05, 4.69) is 5.32 Å². The van der Waals surface area contributed by atoms with E-state index in [-0.39, 0.29) is 11.6 Å². The van der Waals surface area contributed by atoms with Gasteiger partial charge in [-0.05, 0) is 31.5 Å². The quantitative estimate of drug-likeness (QED) is 0.721. The Kier molecular flexibility index (Phi) is 4.84. The molecule has 25 heavy (non-hydrogen) atoms. The number of carbonyl (C=O) groups excluding carboxylic acids is 1. The third-order valence-corrected chi connectivity index (χ3v) is 3.92. The van der Waals surface area contributed by atoms with Crippen LogP contribution in [0.3, 0.4) is 0 Å². The van der Waals surface area contributed by atoms with E-state index in [1.807, 2.05) is 44.2 Å². The molecule has 1 unspecified atom stereocenters. The van der Waals surface area contributed by atoms with Crippen molar-refractivity contribution in [3.63, 3.8) is 0 Å². The van der Waals surface area contributed by atoms with E-state index in [4.69, 9.17) is 9.15 Å². The first-order chi connectivity index (χ1) is 12.1. The Bertz CT molecular complexity index is 947. The van der Waals surface area contributed by atoms with Gasteiger partial charge >= 0.3 is 5.63 Å². The van der Waals surface area contributed by atoms with E-state index >= 15 is 0 Å². The summed E-state index contributed by atoms with van der Waals surface area (Å²) >= 11 is 0. The van der Waals surface area contributed by atoms with Crippen molar-refractivity contribution in [2.75, 3.05) is 6.61 Å². The SMILES string of the molecule is CCOc1cccc2cc(C(=O)NC(C)c3ccccc3)c(=O)oc12. The summed E-state index contributed by atoms with van der Waals surface area (Å²) in [6, 6.07) is 16.2. The Morgan fingerprint density at radius 2 is 1.92 bits per heavy atom. The van der Waals surface area contributed by atoms with Crippen LogP contribution in [0.15, 0.2) is 63.8 Å². The second-order valence-corrected chi connectivity index (χ2v) is 5.66. The molecule has 0 aliphatic heterocycles. The van der Waals surface area contributed by atoms with Gasteiger partial charge in [-0.1, -0.05) is 42.5 Å². The largest absolute Gasteiger partial charge is 0.490 e. The van der Waals surface area contributed by atoms with Crippen LogP contribution >= 0.6 is 0 Å². The van der Waals surface area contributed by atoms with Crippen molar-refractivity contribution in [3.8, 4) is 5.75 Å². The van der Waals surface area contributed by atoms with Crippen molar-refractivity contribution in [2.24, 2.45) is 0 Å². The molecule has 3 aromatic rings. The van der Waals surface area contributed by atoms with Gasteiger partial charge < -0.3 is 14.5 Å². The summed E-state index contributed by atoms with van der Waals surface area (Å²) in [5, 5.41) is 3.47. The van der Waals surface area contributed by atoms with Gasteiger partial charge in [0.25, 0.3) is 5.91 Å². The maximum Gasteiger partial charge on any atom is 0.349 e. The van der Waals surface area contributed by atoms with Gasteiger partial charge in [0.2, 0.25) is 0 Å². The first-order valence-electron chi connectivity index (χ1n) is 8.15. The number of fused-ring (bicyclic) bond motifs is 1. The van der Waals surface area contributed by atoms with Crippen LogP contribution in [0.25, 0.3) is 11.0 Å². The number of amides is 1. The van der Waals surface area contributed by atoms with Gasteiger partial charge in [0.05, 0.1) is 12.6 Å². The fraction of sp³-hybridized carbons (Fsp3) is 0.200. The minimum atomic E-state index is -0.683. The molecule has 1 atom stereocenters. The molecule has 0 saturated carbocycles. The van der Waals surface area contributed by atoms with Crippen molar-refractivity contribution in [2.45, 2.75) is 19.9 Å². The first kappa shape index (κ1) is 16.8. The van der Waals surface area contributed by atoms with Crippen LogP contribution in [0, 0.1) is 0 Å². The standard InChI is InChI=1S/C20H19NO4/c1-3-24-17-11-7-10-15-12-16(20(23)25-18(15)17)19(22)21-13(2)14-8-5-4-6-9-14/h4-13H,3H2,1-2H3,(H,21,22). The van der Waals surface area contributed by atoms with Gasteiger partial charge in [0.1, 0.15) is 5.56 Å². The van der Waals surface area contributed by atoms with Crippen molar-refractivity contribution < 1.29 is 13.9 Å². The average Bonchev–Trinajstić information content (AvgIpc) is 2.62. The molecule has 128 valence electrons. The predicted octanol–water partition coefficient (Wildman–Crippen LogP) is 3.68. The minimum Gasteiger partial charge on any atom is -0.490 e. The smallest absolute Gasteiger partial charge is 0.349 e. The minimum absolute atomic E-state index is 0.0241. The Labute approximate surface area is 145 Å². The number of hydrogen-bond donors (Lipinski definition) is 1. The molecule has 0 aliphatic carbocycles. The van der Waals surface area contributed by atoms with Gasteiger partial charge in [-0.3, -0.25) is 4.79 Å². The average molecular weight is 337 g/mol. The third kappa shape index (κ3) is 3.55. The molecular weight excluding hydrogens is 318 g/mol. The normalized spacial score (nSPS) is 11.9. The van der Waals surface area contributed by atoms with Crippen molar-refractivity contribution in [1.82, 2.24) is 5.32 Å². The van der Waals surface area contributed by atoms with E-state index in [1.165, 1.54) is 6.07 Å². The van der Waals surface area contributed by atoms with Crippen LogP contribution in [0.4, 0.5) is 0 Å². The Morgan fingerprint density at radius 1 is 1.16 bits per heavy atom. The van der Waals surface area contributed by atoms with Crippen LogP contribution in [0.5, 0.6) is 5.75 Å². The van der Waals surface area contributed by atoms with Crippen molar-refractivity contribution in [1.29, 1.82) is 0 Å². The van der Waals surface area contributed by atoms with E-state index in [0.29, 0.717) is 23.3 Å². The summed E-state index contributed by atoms with van der Waals surface area (Å²) in [5.74, 6) is 0.0236. The molecule has 1 N–H and O–H groups in total. The summed E-state index contributed by atoms with van der Waals surface area (Å²) in [4.78, 5) is 24.8. The maximum atomic E-state index is 12.5. The molecule has 0 radical (unpaired) electrons. The van der Waals surface area contributed by atoms with E-state index in [0.717, 1.165) is 5.56 Å². The molecule has 5 heteroatoms. The molecular formula is C20H19NO4. The van der Waals surface area contributed by atoms with Crippen LogP contribution in [-0.4, -0.2) is 12.5 Å². The summed E-state index contributed by atoms with van der Waals surface area (Å²) in [7, 11) is 0. The number of para-hydroxylation sites is 1. The number of nitrogens with one attached hydrogen (secondary N) is 1. The number of ether oxygens (including phenoxy) is 1. The number of hydrogen-bond acceptors (Lipinski definition) is 4. The zero-order chi connectivity index (χ0) is 17.8. The zero-order valence-electron chi connectivity index (χ0n) is 14.1. The number of rotatable bonds is 5. The molecule has 2 aromatic carbocycles. The molecule has 1 heterocycles. The van der Waals surface area contributed by atoms with Gasteiger partial charge in [-0.2, -0.15) is 0 Å². The van der Waals surface area contributed by atoms with Crippen molar-refractivity contribution >= 4 is 16.9 Å². The highest BCUT2D eigenvalue weighted by molar-refractivity contribution is 5.97. The van der Waals surface area contributed by atoms with Crippen molar-refractivity contribution in [3.05, 3.63) is 76.1 Å². The van der Waals surface area contributed by atoms with E-state index < -0.39 is 11.5 Å². The predicted molar refractivity (Wildman–Crippen MR) is 96.0 cm³/mol. The molecule has 0 bridgehead atoms. The lowest BCUT2D eigenvalue weighted by Crippen LogP contribution is -2.30. The number of carbonyl (C=O) groups is 1. The molecule has 0 spiro atoms. The highest BCUT2D eigenvalue weighted by Gasteiger charge is 2.17. The van der Waals surface area contributed by atoms with E-state index in [9.17, 15) is 9.59 Å². The maximum absolute atomic E-state index is 12.5. The summed E-state index contributed by atoms with van der Waals surface area (Å²) in [6.07, 6.45) is 0. The zero-order valence-corrected chi connectivity index (χ0v) is 14.1. The molecule has 3 rings (SSSR count). The Hall–Kier alpha value is -3.08. The van der Waals surface area contributed by atoms with Crippen LogP contribution in [-0.2, 0) is 0 Å². The van der Waals surface area contributed by atoms with Gasteiger partial charge in [0.15, 0.2) is 11.3 Å². The second kappa shape index (κ2) is 7.21. The fourth-order valence-electron chi connectivity index (χ4n) is 2.64. The highest BCUT2D eigenvalue weighted by Crippen LogP contribution is 2.25. The lowest BCUT2D eigenvalue weighted by atomic mass is 10.1. The molecule has 0 aliphatic rings. The topological polar surface area (TPSA) is 68.5 Å². The number of benzene rings is 2. The third-order valence-electron chi connectivity index (χ3n) is 3.92. The first-order valence-corrected chi connectivity index (χ1v) is 8.15. The lowest BCUT2D eigenvalue weighted by molar-refractivity contribution is 0.0936.